The van der Waals surface area contributed by atoms with Gasteiger partial charge in [0.1, 0.15) is 0 Å². The maximum Gasteiger partial charge on any atom is 2.00 e. The van der Waals surface area contributed by atoms with Gasteiger partial charge >= 0.3 is 31.1 Å². The fraction of sp³-hybridized carbons (Fsp3) is 0.579. The van der Waals surface area contributed by atoms with Crippen LogP contribution < -0.4 is 5.73 Å². The number of hydrogen-bond acceptors (Lipinski definition) is 4. The quantitative estimate of drug-likeness (QED) is 0.347. The molecule has 1 aliphatic carbocycles. The van der Waals surface area contributed by atoms with Gasteiger partial charge in [-0.25, -0.2) is 4.99 Å². The van der Waals surface area contributed by atoms with Crippen LogP contribution in [0.25, 0.3) is 0 Å². The van der Waals surface area contributed by atoms with Gasteiger partial charge in [0.05, 0.1) is 11.7 Å². The molecule has 3 aliphatic rings. The molecule has 6 heteroatoms. The summed E-state index contributed by atoms with van der Waals surface area (Å²) in [6.45, 7) is 13.2. The molecule has 2 aliphatic heterocycles. The monoisotopic (exact) mass is 678 g/mol. The molecule has 0 amide bonds. The Morgan fingerprint density at radius 3 is 2.76 bits per heavy atom. The van der Waals surface area contributed by atoms with Gasteiger partial charge in [0, 0.05) is 15.7 Å². The molecule has 0 radical (unpaired) electrons. The Morgan fingerprint density at radius 2 is 2.12 bits per heavy atom. The van der Waals surface area contributed by atoms with Crippen LogP contribution in [0, 0.1) is 45.0 Å². The van der Waals surface area contributed by atoms with Gasteiger partial charge in [-0.3, -0.25) is 0 Å². The molecule has 1 atom stereocenters. The van der Waals surface area contributed by atoms with E-state index in [1.54, 1.807) is 0 Å². The van der Waals surface area contributed by atoms with Crippen molar-refractivity contribution < 1.29 is 31.1 Å². The van der Waals surface area contributed by atoms with Crippen LogP contribution in [-0.2, 0) is 0 Å². The predicted octanol–water partition coefficient (Wildman–Crippen LogP) is 3.23. The second-order valence-corrected chi connectivity index (χ2v) is 9.81. The fourth-order valence-electron chi connectivity index (χ4n) is 3.94. The van der Waals surface area contributed by atoms with Crippen LogP contribution in [0.5, 0.6) is 0 Å². The van der Waals surface area contributed by atoms with Crippen molar-refractivity contribution in [1.29, 1.82) is 0 Å². The Balaban J connectivity index is 0.00000225. The first-order valence-electron chi connectivity index (χ1n) is 8.89. The first-order chi connectivity index (χ1) is 11.6. The summed E-state index contributed by atoms with van der Waals surface area (Å²) in [6, 6.07) is 0.309. The topological polar surface area (TPSA) is 44.9 Å². The number of halogens is 1. The molecule has 2 heterocycles. The third kappa shape index (κ3) is 5.00. The zero-order chi connectivity index (χ0) is 17.2. The van der Waals surface area contributed by atoms with Gasteiger partial charge in [0.25, 0.3) is 0 Å². The summed E-state index contributed by atoms with van der Waals surface area (Å²) in [4.78, 5) is 9.47. The maximum absolute atomic E-state index is 6.39. The predicted molar refractivity (Wildman–Crippen MR) is 112 cm³/mol. The van der Waals surface area contributed by atoms with Gasteiger partial charge in [-0.2, -0.15) is 6.42 Å². The Morgan fingerprint density at radius 1 is 1.40 bits per heavy atom. The summed E-state index contributed by atoms with van der Waals surface area (Å²) in [6.07, 6.45) is 10.5. The Kier molecular flexibility index (Phi) is 8.25. The van der Waals surface area contributed by atoms with E-state index in [1.807, 2.05) is 0 Å². The van der Waals surface area contributed by atoms with Crippen LogP contribution in [0.3, 0.4) is 0 Å². The summed E-state index contributed by atoms with van der Waals surface area (Å²) in [5, 5.41) is 0. The van der Waals surface area contributed by atoms with E-state index < -0.39 is 0 Å². The van der Waals surface area contributed by atoms with Crippen molar-refractivity contribution in [3.8, 4) is 0 Å². The molecule has 1 fully saturated rings. The average molecular weight is 678 g/mol. The molecule has 1 saturated carbocycles. The molecule has 0 saturated heterocycles. The third-order valence-electron chi connectivity index (χ3n) is 5.19. The van der Waals surface area contributed by atoms with Gasteiger partial charge in [-0.05, 0) is 42.5 Å². The molecule has 0 aromatic heterocycles. The van der Waals surface area contributed by atoms with Crippen molar-refractivity contribution in [3.05, 3.63) is 35.3 Å². The molecule has 4 nitrogen and oxygen atoms in total. The molecule has 0 aromatic rings. The van der Waals surface area contributed by atoms with Crippen LogP contribution in [-0.4, -0.2) is 51.0 Å². The zero-order valence-electron chi connectivity index (χ0n) is 15.2. The van der Waals surface area contributed by atoms with Gasteiger partial charge < -0.3 is 29.4 Å². The van der Waals surface area contributed by atoms with Crippen LogP contribution in [0.4, 0.5) is 0 Å². The van der Waals surface area contributed by atoms with E-state index in [-0.39, 0.29) is 57.4 Å². The van der Waals surface area contributed by atoms with Crippen molar-refractivity contribution in [3.63, 3.8) is 0 Å². The molecule has 2 N–H and O–H groups in total. The molecule has 25 heavy (non-hydrogen) atoms. The van der Waals surface area contributed by atoms with Crippen molar-refractivity contribution in [2.45, 2.75) is 50.6 Å². The summed E-state index contributed by atoms with van der Waals surface area (Å²) < 4.78 is 4.00. The van der Waals surface area contributed by atoms with Gasteiger partial charge in [-0.15, -0.1) is 6.54 Å². The minimum Gasteiger partial charge on any atom is -0.369 e. The summed E-state index contributed by atoms with van der Waals surface area (Å²) in [5.41, 5.74) is 7.60. The van der Waals surface area contributed by atoms with Crippen molar-refractivity contribution >= 4 is 30.7 Å². The SMILES string of the molecule is [CH2-]CCN(C[CH2-])CC1=CC2=CC(C=I1)N(C1(C)CCCC1)C(N)=N2.[U+2]. The molecule has 0 spiro atoms. The second kappa shape index (κ2) is 9.53. The fourth-order valence-corrected chi connectivity index (χ4v) is 6.48. The van der Waals surface area contributed by atoms with Crippen LogP contribution >= 0.6 is 20.7 Å². The van der Waals surface area contributed by atoms with Crippen LogP contribution in [0.1, 0.15) is 39.0 Å². The summed E-state index contributed by atoms with van der Waals surface area (Å²) in [5.74, 6) is 0.700. The standard InChI is InChI=1S/C19H29IN4.U/c1-4-10-23(5-2)14-15-11-16-12-17(13-20-15)24(18(21)22-16)19(3)8-6-7-9-19;/h11-13,17H,1-2,4-10,14H2,3H3,(H2,21,22);/q-2;+2. The number of allylic oxidation sites excluding steroid dienone is 1. The Labute approximate surface area is 186 Å². The normalized spacial score (nSPS) is 24.7. The van der Waals surface area contributed by atoms with Crippen molar-refractivity contribution in [2.75, 3.05) is 19.6 Å². The summed E-state index contributed by atoms with van der Waals surface area (Å²) in [7, 11) is 0. The minimum atomic E-state index is -0.125. The maximum atomic E-state index is 6.39. The largest absolute Gasteiger partial charge is 2.00 e. The smallest absolute Gasteiger partial charge is 0.369 e. The van der Waals surface area contributed by atoms with E-state index in [1.165, 1.54) is 29.3 Å². The number of fused-ring (bicyclic) bond motifs is 1. The van der Waals surface area contributed by atoms with E-state index in [0.717, 1.165) is 31.8 Å². The number of rotatable bonds is 6. The number of nitrogens with two attached hydrogens (primary N) is 1. The van der Waals surface area contributed by atoms with E-state index in [0.29, 0.717) is 12.0 Å². The minimum absolute atomic E-state index is 0. The molecule has 1 unspecified atom stereocenters. The van der Waals surface area contributed by atoms with Gasteiger partial charge in [-0.1, -0.05) is 33.6 Å². The average Bonchev–Trinajstić information content (AvgIpc) is 2.91. The third-order valence-corrected chi connectivity index (χ3v) is 7.74. The number of aliphatic imine (C=N–C) groups is 1. The molecule has 136 valence electrons. The zero-order valence-corrected chi connectivity index (χ0v) is 21.5. The molecule has 3 rings (SSSR count). The van der Waals surface area contributed by atoms with Gasteiger partial charge in [0.2, 0.25) is 0 Å². The first-order valence-corrected chi connectivity index (χ1v) is 11.2. The molecule has 0 aromatic carbocycles. The number of guanidine groups is 1. The van der Waals surface area contributed by atoms with Crippen molar-refractivity contribution in [2.24, 2.45) is 10.7 Å². The molecule has 2 bridgehead atoms. The summed E-state index contributed by atoms with van der Waals surface area (Å²) >= 11 is -0.125. The van der Waals surface area contributed by atoms with E-state index in [2.05, 4.69) is 46.7 Å². The van der Waals surface area contributed by atoms with E-state index >= 15 is 0 Å². The number of nitrogens with zero attached hydrogens (tertiary/aromatic N) is 3. The molecular formula is C19H29IN4U. The van der Waals surface area contributed by atoms with Gasteiger partial charge in [0.15, 0.2) is 5.96 Å². The van der Waals surface area contributed by atoms with Crippen LogP contribution in [0.2, 0.25) is 0 Å². The van der Waals surface area contributed by atoms with Crippen molar-refractivity contribution in [1.82, 2.24) is 9.80 Å². The second-order valence-electron chi connectivity index (χ2n) is 7.08. The Hall–Kier alpha value is 0.362. The van der Waals surface area contributed by atoms with E-state index in [9.17, 15) is 0 Å². The number of hydrogen-bond donors (Lipinski definition) is 1. The first kappa shape index (κ1) is 21.7. The van der Waals surface area contributed by atoms with E-state index in [4.69, 9.17) is 10.7 Å². The Bertz CT molecular complexity index is 590. The molecular weight excluding hydrogens is 649 g/mol. The van der Waals surface area contributed by atoms with Crippen LogP contribution in [0.15, 0.2) is 26.4 Å².